The predicted molar refractivity (Wildman–Crippen MR) is 227 cm³/mol. The van der Waals surface area contributed by atoms with Gasteiger partial charge in [-0.1, -0.05) is 188 Å². The highest BCUT2D eigenvalue weighted by Gasteiger charge is 2.15. The van der Waals surface area contributed by atoms with Gasteiger partial charge in [-0.3, -0.25) is 0 Å². The van der Waals surface area contributed by atoms with Crippen molar-refractivity contribution in [3.63, 3.8) is 0 Å². The molecule has 282 valence electrons. The van der Waals surface area contributed by atoms with Gasteiger partial charge in [-0.15, -0.1) is 0 Å². The first kappa shape index (κ1) is 41.2. The number of benzene rings is 4. The third-order valence-electron chi connectivity index (χ3n) is 9.24. The van der Waals surface area contributed by atoms with Crippen molar-refractivity contribution in [3.8, 4) is 17.2 Å². The zero-order chi connectivity index (χ0) is 37.4. The summed E-state index contributed by atoms with van der Waals surface area (Å²) in [6, 6.07) is 29.3. The van der Waals surface area contributed by atoms with Crippen LogP contribution >= 0.6 is 0 Å². The van der Waals surface area contributed by atoms with Crippen molar-refractivity contribution in [2.45, 2.75) is 104 Å². The largest absolute Gasteiger partial charge is 0.490 e. The van der Waals surface area contributed by atoms with E-state index in [4.69, 9.17) is 14.2 Å². The van der Waals surface area contributed by atoms with Gasteiger partial charge in [0.15, 0.2) is 11.5 Å². The number of rotatable bonds is 25. The fourth-order valence-electron chi connectivity index (χ4n) is 5.92. The first-order valence-corrected chi connectivity index (χ1v) is 20.1. The predicted octanol–water partition coefficient (Wildman–Crippen LogP) is 13.6. The Hall–Kier alpha value is -4.54. The Bertz CT molecular complexity index is 1630. The molecule has 0 atom stereocenters. The van der Waals surface area contributed by atoms with E-state index in [1.807, 2.05) is 24.3 Å². The van der Waals surface area contributed by atoms with Gasteiger partial charge >= 0.3 is 0 Å². The average molecular weight is 715 g/mol. The molecule has 4 heteroatoms. The third-order valence-corrected chi connectivity index (χ3v) is 9.24. The molecule has 4 rings (SSSR count). The summed E-state index contributed by atoms with van der Waals surface area (Å²) in [7, 11) is 0. The number of ether oxygens (including phenoxy) is 3. The molecule has 0 saturated heterocycles. The van der Waals surface area contributed by atoms with Crippen molar-refractivity contribution in [2.24, 2.45) is 0 Å². The topological polar surface area (TPSA) is 47.9 Å². The minimum atomic E-state index is 0.0670. The number of unbranched alkanes of at least 4 members (excludes halogenated alkanes) is 9. The Morgan fingerprint density at radius 3 is 1.06 bits per heavy atom. The van der Waals surface area contributed by atoms with Crippen LogP contribution in [-0.4, -0.2) is 24.9 Å². The molecule has 0 radical (unpaired) electrons. The van der Waals surface area contributed by atoms with Crippen LogP contribution in [0.25, 0.3) is 36.5 Å². The molecule has 4 aromatic carbocycles. The van der Waals surface area contributed by atoms with Gasteiger partial charge in [-0.05, 0) is 70.3 Å². The number of aliphatic hydroxyl groups is 1. The molecule has 0 amide bonds. The Morgan fingerprint density at radius 1 is 0.396 bits per heavy atom. The van der Waals surface area contributed by atoms with Crippen LogP contribution in [0.4, 0.5) is 0 Å². The van der Waals surface area contributed by atoms with Gasteiger partial charge in [-0.2, -0.15) is 0 Å². The van der Waals surface area contributed by atoms with Crippen molar-refractivity contribution in [2.75, 3.05) is 19.8 Å². The monoisotopic (exact) mass is 714 g/mol. The maximum absolute atomic E-state index is 9.24. The van der Waals surface area contributed by atoms with Gasteiger partial charge in [0, 0.05) is 0 Å². The fraction of sp³-hybridized carbons (Fsp3) is 0.388. The van der Waals surface area contributed by atoms with E-state index >= 15 is 0 Å². The smallest absolute Gasteiger partial charge is 0.203 e. The average Bonchev–Trinajstić information content (AvgIpc) is 3.19. The maximum Gasteiger partial charge on any atom is 0.203 e. The molecule has 0 heterocycles. The molecule has 0 aromatic heterocycles. The van der Waals surface area contributed by atoms with Gasteiger partial charge in [0.05, 0.1) is 26.4 Å². The van der Waals surface area contributed by atoms with E-state index in [1.165, 1.54) is 57.8 Å². The lowest BCUT2D eigenvalue weighted by Gasteiger charge is -2.18. The van der Waals surface area contributed by atoms with Gasteiger partial charge in [0.25, 0.3) is 0 Å². The first-order chi connectivity index (χ1) is 26.1. The van der Waals surface area contributed by atoms with Gasteiger partial charge in [0.2, 0.25) is 5.75 Å². The number of hydrogen-bond acceptors (Lipinski definition) is 4. The molecule has 0 aliphatic carbocycles. The Balaban J connectivity index is 1.43. The van der Waals surface area contributed by atoms with Gasteiger partial charge < -0.3 is 19.3 Å². The van der Waals surface area contributed by atoms with Crippen LogP contribution in [0.1, 0.15) is 137 Å². The quantitative estimate of drug-likeness (QED) is 0.0548. The van der Waals surface area contributed by atoms with Crippen LogP contribution in [0.15, 0.2) is 84.9 Å². The molecule has 0 unspecified atom stereocenters. The molecule has 0 aliphatic rings. The molecule has 4 nitrogen and oxygen atoms in total. The van der Waals surface area contributed by atoms with E-state index in [-0.39, 0.29) is 6.61 Å². The van der Waals surface area contributed by atoms with E-state index in [0.717, 1.165) is 75.5 Å². The van der Waals surface area contributed by atoms with E-state index in [9.17, 15) is 5.11 Å². The molecule has 1 N–H and O–H groups in total. The van der Waals surface area contributed by atoms with Crippen molar-refractivity contribution in [3.05, 3.63) is 124 Å². The summed E-state index contributed by atoms with van der Waals surface area (Å²) in [5, 5.41) is 9.24. The van der Waals surface area contributed by atoms with E-state index in [2.05, 4.69) is 118 Å². The highest BCUT2D eigenvalue weighted by Crippen LogP contribution is 2.40. The van der Waals surface area contributed by atoms with Crippen LogP contribution in [0.5, 0.6) is 17.2 Å². The molecule has 0 saturated carbocycles. The molecule has 0 aliphatic heterocycles. The number of hydrogen-bond donors (Lipinski definition) is 1. The first-order valence-electron chi connectivity index (χ1n) is 20.1. The molecule has 0 fully saturated rings. The Labute approximate surface area is 320 Å². The SMILES string of the molecule is CCCCCCOc1cc(/C=C/c2ccc(/C=C/c3ccc(/C=C/c4ccc(CO)cc4)cc3)cc2)cc(OCCCCCC)c1OCCCCCC. The van der Waals surface area contributed by atoms with Crippen molar-refractivity contribution in [1.29, 1.82) is 0 Å². The van der Waals surface area contributed by atoms with E-state index in [1.54, 1.807) is 0 Å². The third kappa shape index (κ3) is 15.5. The molecule has 53 heavy (non-hydrogen) atoms. The summed E-state index contributed by atoms with van der Waals surface area (Å²) >= 11 is 0. The highest BCUT2D eigenvalue weighted by atomic mass is 16.5. The number of aliphatic hydroxyl groups excluding tert-OH is 1. The zero-order valence-electron chi connectivity index (χ0n) is 32.5. The summed E-state index contributed by atoms with van der Waals surface area (Å²) < 4.78 is 19.2. The zero-order valence-corrected chi connectivity index (χ0v) is 32.5. The lowest BCUT2D eigenvalue weighted by Crippen LogP contribution is -2.06. The van der Waals surface area contributed by atoms with Gasteiger partial charge in [0.1, 0.15) is 0 Å². The van der Waals surface area contributed by atoms with Crippen molar-refractivity contribution in [1.82, 2.24) is 0 Å². The van der Waals surface area contributed by atoms with Crippen molar-refractivity contribution >= 4 is 36.5 Å². The van der Waals surface area contributed by atoms with Gasteiger partial charge in [-0.25, -0.2) is 0 Å². The molecular formula is C49H62O4. The van der Waals surface area contributed by atoms with E-state index < -0.39 is 0 Å². The van der Waals surface area contributed by atoms with Crippen LogP contribution in [0, 0.1) is 0 Å². The lowest BCUT2D eigenvalue weighted by atomic mass is 10.1. The van der Waals surface area contributed by atoms with Crippen molar-refractivity contribution < 1.29 is 19.3 Å². The highest BCUT2D eigenvalue weighted by molar-refractivity contribution is 5.75. The second kappa shape index (κ2) is 24.7. The Kier molecular flexibility index (Phi) is 19.2. The summed E-state index contributed by atoms with van der Waals surface area (Å²) in [5.74, 6) is 2.30. The fourth-order valence-corrected chi connectivity index (χ4v) is 5.92. The summed E-state index contributed by atoms with van der Waals surface area (Å²) in [6.07, 6.45) is 26.7. The standard InChI is InChI=1S/C49H62O4/c1-4-7-10-13-34-51-47-37-46(38-48(52-35-14-11-8-5-2)49(47)53-36-15-12-9-6-3)33-30-43-25-22-42(23-26-43)21-18-40-16-19-41(20-17-40)24-27-44-28-31-45(39-50)32-29-44/h16-33,37-38,50H,4-15,34-36,39H2,1-3H3/b21-18+,27-24+,33-30+. The molecular weight excluding hydrogens is 653 g/mol. The van der Waals surface area contributed by atoms with Crippen LogP contribution in [-0.2, 0) is 6.61 Å². The summed E-state index contributed by atoms with van der Waals surface area (Å²) in [5.41, 5.74) is 7.64. The van der Waals surface area contributed by atoms with Crippen LogP contribution < -0.4 is 14.2 Å². The molecule has 4 aromatic rings. The lowest BCUT2D eigenvalue weighted by molar-refractivity contribution is 0.234. The second-order valence-electron chi connectivity index (χ2n) is 13.8. The summed E-state index contributed by atoms with van der Waals surface area (Å²) in [4.78, 5) is 0. The van der Waals surface area contributed by atoms with Crippen LogP contribution in [0.3, 0.4) is 0 Å². The maximum atomic E-state index is 9.24. The molecule has 0 bridgehead atoms. The van der Waals surface area contributed by atoms with E-state index in [0.29, 0.717) is 19.8 Å². The molecule has 0 spiro atoms. The Morgan fingerprint density at radius 2 is 0.717 bits per heavy atom. The van der Waals surface area contributed by atoms with Crippen LogP contribution in [0.2, 0.25) is 0 Å². The summed E-state index contributed by atoms with van der Waals surface area (Å²) in [6.45, 7) is 8.78. The minimum absolute atomic E-state index is 0.0670. The second-order valence-corrected chi connectivity index (χ2v) is 13.8. The minimum Gasteiger partial charge on any atom is -0.490 e. The normalized spacial score (nSPS) is 11.6.